The Morgan fingerprint density at radius 3 is 2.71 bits per heavy atom. The van der Waals surface area contributed by atoms with Gasteiger partial charge in [-0.1, -0.05) is 13.3 Å². The number of aromatic nitrogens is 3. The zero-order valence-corrected chi connectivity index (χ0v) is 16.4. The van der Waals surface area contributed by atoms with Gasteiger partial charge in [-0.15, -0.1) is 12.4 Å². The molecule has 1 aromatic rings. The van der Waals surface area contributed by atoms with Crippen LogP contribution in [0.25, 0.3) is 0 Å². The quantitative estimate of drug-likeness (QED) is 0.701. The van der Waals surface area contributed by atoms with Crippen molar-refractivity contribution in [3.63, 3.8) is 0 Å². The third-order valence-corrected chi connectivity index (χ3v) is 6.21. The fraction of sp³-hybridized carbons (Fsp3) is 0.857. The predicted octanol–water partition coefficient (Wildman–Crippen LogP) is 1.00. The highest BCUT2D eigenvalue weighted by Crippen LogP contribution is 2.24. The van der Waals surface area contributed by atoms with E-state index in [0.717, 1.165) is 25.1 Å². The number of nitrogens with zero attached hydrogens (tertiary/aromatic N) is 4. The summed E-state index contributed by atoms with van der Waals surface area (Å²) < 4.78 is 29.2. The van der Waals surface area contributed by atoms with Crippen LogP contribution in [0.15, 0.2) is 6.20 Å². The molecule has 24 heavy (non-hydrogen) atoms. The predicted molar refractivity (Wildman–Crippen MR) is 96.0 cm³/mol. The van der Waals surface area contributed by atoms with Crippen LogP contribution < -0.4 is 4.72 Å². The molecule has 0 aliphatic carbocycles. The molecule has 10 heteroatoms. The van der Waals surface area contributed by atoms with E-state index in [0.29, 0.717) is 19.0 Å². The Hall–Kier alpha value is -0.740. The van der Waals surface area contributed by atoms with Crippen molar-refractivity contribution in [1.29, 1.82) is 0 Å². The first-order chi connectivity index (χ1) is 10.8. The Morgan fingerprint density at radius 1 is 1.46 bits per heavy atom. The number of rotatable bonds is 8. The maximum absolute atomic E-state index is 12.5. The molecule has 0 saturated carbocycles. The number of hydrogen-bond acceptors (Lipinski definition) is 5. The smallest absolute Gasteiger partial charge is 0.279 e. The van der Waals surface area contributed by atoms with Crippen LogP contribution in [-0.4, -0.2) is 65.3 Å². The zero-order chi connectivity index (χ0) is 17.0. The summed E-state index contributed by atoms with van der Waals surface area (Å²) in [6.45, 7) is 8.13. The van der Waals surface area contributed by atoms with E-state index in [4.69, 9.17) is 0 Å². The van der Waals surface area contributed by atoms with Crippen LogP contribution in [0.4, 0.5) is 0 Å². The largest absolute Gasteiger partial charge is 0.295 e. The number of aromatic amines is 1. The lowest BCUT2D eigenvalue weighted by molar-refractivity contribution is 0.308. The minimum Gasteiger partial charge on any atom is -0.295 e. The van der Waals surface area contributed by atoms with E-state index >= 15 is 0 Å². The summed E-state index contributed by atoms with van der Waals surface area (Å²) in [4.78, 5) is 2.24. The van der Waals surface area contributed by atoms with Gasteiger partial charge in [0, 0.05) is 38.8 Å². The van der Waals surface area contributed by atoms with E-state index in [1.165, 1.54) is 4.31 Å². The van der Waals surface area contributed by atoms with Gasteiger partial charge in [-0.3, -0.25) is 4.90 Å². The van der Waals surface area contributed by atoms with Gasteiger partial charge in [0.05, 0.1) is 11.9 Å². The van der Waals surface area contributed by atoms with Crippen molar-refractivity contribution in [3.05, 3.63) is 11.9 Å². The second-order valence-corrected chi connectivity index (χ2v) is 8.31. The van der Waals surface area contributed by atoms with Gasteiger partial charge in [-0.25, -0.2) is 0 Å². The molecule has 8 nitrogen and oxygen atoms in total. The second-order valence-electron chi connectivity index (χ2n) is 6.54. The molecule has 0 unspecified atom stereocenters. The molecule has 0 aromatic carbocycles. The topological polar surface area (TPSA) is 94.2 Å². The summed E-state index contributed by atoms with van der Waals surface area (Å²) in [6.07, 6.45) is 3.76. The molecule has 0 radical (unpaired) electrons. The Labute approximate surface area is 151 Å². The molecular weight excluding hydrogens is 352 g/mol. The number of halogens is 1. The van der Waals surface area contributed by atoms with Crippen LogP contribution in [-0.2, 0) is 16.8 Å². The summed E-state index contributed by atoms with van der Waals surface area (Å²) in [5.74, 6) is 0.322. The molecule has 1 aliphatic heterocycles. The van der Waals surface area contributed by atoms with E-state index < -0.39 is 10.2 Å². The first-order valence-corrected chi connectivity index (χ1v) is 9.59. The molecule has 140 valence electrons. The third kappa shape index (κ3) is 5.38. The molecule has 0 amide bonds. The molecular formula is C14H29ClN6O2S. The number of likely N-dealkylation sites (tertiary alicyclic amines) is 1. The van der Waals surface area contributed by atoms with E-state index in [9.17, 15) is 8.42 Å². The van der Waals surface area contributed by atoms with Crippen molar-refractivity contribution in [2.24, 2.45) is 5.92 Å². The summed E-state index contributed by atoms with van der Waals surface area (Å²) >= 11 is 0. The van der Waals surface area contributed by atoms with Crippen LogP contribution in [0.1, 0.15) is 39.3 Å². The highest BCUT2D eigenvalue weighted by atomic mass is 35.5. The SMILES string of the molecule is CCC[C@H]1CN(Cc2cn[nH]n2)C[C@@H]1NS(=O)(=O)N(C)C(C)C.Cl. The van der Waals surface area contributed by atoms with Crippen molar-refractivity contribution in [1.82, 2.24) is 29.3 Å². The molecule has 2 rings (SSSR count). The fourth-order valence-electron chi connectivity index (χ4n) is 2.97. The monoisotopic (exact) mass is 380 g/mol. The highest BCUT2D eigenvalue weighted by molar-refractivity contribution is 7.87. The van der Waals surface area contributed by atoms with Gasteiger partial charge in [0.25, 0.3) is 10.2 Å². The number of hydrogen-bond donors (Lipinski definition) is 2. The van der Waals surface area contributed by atoms with Gasteiger partial charge < -0.3 is 0 Å². The summed E-state index contributed by atoms with van der Waals surface area (Å²) in [5, 5.41) is 10.5. The van der Waals surface area contributed by atoms with Gasteiger partial charge >= 0.3 is 0 Å². The van der Waals surface area contributed by atoms with Crippen LogP contribution in [0.5, 0.6) is 0 Å². The lowest BCUT2D eigenvalue weighted by atomic mass is 9.99. The molecule has 0 spiro atoms. The lowest BCUT2D eigenvalue weighted by Crippen LogP contribution is -2.48. The maximum atomic E-state index is 12.5. The fourth-order valence-corrected chi connectivity index (χ4v) is 4.34. The normalized spacial score (nSPS) is 22.2. The molecule has 1 fully saturated rings. The van der Waals surface area contributed by atoms with Crippen molar-refractivity contribution < 1.29 is 8.42 Å². The Morgan fingerprint density at radius 2 is 2.17 bits per heavy atom. The van der Waals surface area contributed by atoms with Crippen LogP contribution >= 0.6 is 12.4 Å². The molecule has 0 bridgehead atoms. The van der Waals surface area contributed by atoms with Gasteiger partial charge in [-0.05, 0) is 26.2 Å². The van der Waals surface area contributed by atoms with Gasteiger partial charge in [0.1, 0.15) is 0 Å². The average molecular weight is 381 g/mol. The first kappa shape index (κ1) is 21.3. The minimum absolute atomic E-state index is 0. The molecule has 2 heterocycles. The van der Waals surface area contributed by atoms with Crippen LogP contribution in [0, 0.1) is 5.92 Å². The molecule has 1 saturated heterocycles. The zero-order valence-electron chi connectivity index (χ0n) is 14.8. The van der Waals surface area contributed by atoms with Crippen molar-refractivity contribution in [3.8, 4) is 0 Å². The van der Waals surface area contributed by atoms with Crippen LogP contribution in [0.3, 0.4) is 0 Å². The molecule has 2 N–H and O–H groups in total. The lowest BCUT2D eigenvalue weighted by Gasteiger charge is -2.26. The third-order valence-electron chi connectivity index (χ3n) is 4.43. The second kappa shape index (κ2) is 9.10. The minimum atomic E-state index is -3.46. The van der Waals surface area contributed by atoms with Crippen LogP contribution in [0.2, 0.25) is 0 Å². The van der Waals surface area contributed by atoms with Crippen molar-refractivity contribution in [2.45, 2.75) is 52.2 Å². The maximum Gasteiger partial charge on any atom is 0.279 e. The standard InChI is InChI=1S/C14H28N6O2S.ClH/c1-5-6-12-8-20(9-13-7-15-18-16-13)10-14(12)17-23(21,22)19(4)11(2)3;/h7,11-12,14,17H,5-6,8-10H2,1-4H3,(H,15,16,18);1H/t12-,14-;/m0./s1. The van der Waals surface area contributed by atoms with E-state index in [2.05, 4.69) is 32.0 Å². The molecule has 2 atom stereocenters. The number of nitrogens with one attached hydrogen (secondary N) is 2. The molecule has 1 aliphatic rings. The number of H-pyrrole nitrogens is 1. The summed E-state index contributed by atoms with van der Waals surface area (Å²) in [6, 6.07) is -0.127. The Balaban J connectivity index is 0.00000288. The molecule has 1 aromatic heterocycles. The van der Waals surface area contributed by atoms with Crippen molar-refractivity contribution >= 4 is 22.6 Å². The van der Waals surface area contributed by atoms with Crippen molar-refractivity contribution in [2.75, 3.05) is 20.1 Å². The summed E-state index contributed by atoms with van der Waals surface area (Å²) in [7, 11) is -1.84. The van der Waals surface area contributed by atoms with Gasteiger partial charge in [0.15, 0.2) is 0 Å². The van der Waals surface area contributed by atoms with Gasteiger partial charge in [-0.2, -0.15) is 32.9 Å². The first-order valence-electron chi connectivity index (χ1n) is 8.15. The van der Waals surface area contributed by atoms with E-state index in [1.807, 2.05) is 13.8 Å². The van der Waals surface area contributed by atoms with E-state index in [-0.39, 0.29) is 24.5 Å². The Kier molecular flexibility index (Phi) is 8.07. The van der Waals surface area contributed by atoms with E-state index in [1.54, 1.807) is 13.2 Å². The summed E-state index contributed by atoms with van der Waals surface area (Å²) in [5.41, 5.74) is 0.878. The Bertz CT molecular complexity index is 580. The average Bonchev–Trinajstić information content (AvgIpc) is 3.09. The van der Waals surface area contributed by atoms with Gasteiger partial charge in [0.2, 0.25) is 0 Å². The highest BCUT2D eigenvalue weighted by Gasteiger charge is 2.36.